The molecule has 0 aromatic rings. The lowest BCUT2D eigenvalue weighted by atomic mass is 10.4. The van der Waals surface area contributed by atoms with E-state index in [-0.39, 0.29) is 0 Å². The van der Waals surface area contributed by atoms with Crippen molar-refractivity contribution in [1.29, 1.82) is 0 Å². The molecule has 0 unspecified atom stereocenters. The summed E-state index contributed by atoms with van der Waals surface area (Å²) in [5.41, 5.74) is 0. The predicted octanol–water partition coefficient (Wildman–Crippen LogP) is 0.411. The Bertz CT molecular complexity index is 89.0. The molecule has 0 fully saturated rings. The molecule has 0 rings (SSSR count). The van der Waals surface area contributed by atoms with Gasteiger partial charge in [-0.2, -0.15) is 0 Å². The van der Waals surface area contributed by atoms with E-state index in [2.05, 4.69) is 35.1 Å². The van der Waals surface area contributed by atoms with Crippen molar-refractivity contribution in [3.05, 3.63) is 0 Å². The number of nitrogens with one attached hydrogen (secondary N) is 4. The number of hydrogen-bond donors (Lipinski definition) is 4. The molecule has 0 heterocycles. The van der Waals surface area contributed by atoms with E-state index in [4.69, 9.17) is 0 Å². The molecule has 0 atom stereocenters. The largest absolute Gasteiger partial charge is 0.320 e. The molecule has 100 valence electrons. The van der Waals surface area contributed by atoms with Crippen LogP contribution >= 0.6 is 0 Å². The van der Waals surface area contributed by atoms with Crippen molar-refractivity contribution in [3.8, 4) is 0 Å². The Morgan fingerprint density at radius 2 is 1.00 bits per heavy atom. The van der Waals surface area contributed by atoms with Crippen LogP contribution < -0.4 is 21.3 Å². The van der Waals surface area contributed by atoms with Crippen LogP contribution in [-0.2, 0) is 0 Å². The molecule has 0 amide bonds. The summed E-state index contributed by atoms with van der Waals surface area (Å²) in [7, 11) is 3.94. The van der Waals surface area contributed by atoms with Crippen LogP contribution in [0.15, 0.2) is 0 Å². The Morgan fingerprint density at radius 3 is 1.31 bits per heavy atom. The number of rotatable bonds is 10. The van der Waals surface area contributed by atoms with Gasteiger partial charge in [-0.05, 0) is 66.2 Å². The maximum Gasteiger partial charge on any atom is -0.00369 e. The zero-order valence-electron chi connectivity index (χ0n) is 11.7. The van der Waals surface area contributed by atoms with Gasteiger partial charge < -0.3 is 21.3 Å². The van der Waals surface area contributed by atoms with Crippen LogP contribution in [0.5, 0.6) is 0 Å². The average molecular weight is 232 g/mol. The minimum absolute atomic E-state index is 1.09. The fourth-order valence-corrected chi connectivity index (χ4v) is 1.13. The van der Waals surface area contributed by atoms with Crippen LogP contribution in [0.4, 0.5) is 0 Å². The molecular weight excluding hydrogens is 200 g/mol. The van der Waals surface area contributed by atoms with Gasteiger partial charge in [-0.25, -0.2) is 0 Å². The summed E-state index contributed by atoms with van der Waals surface area (Å²) >= 11 is 0. The van der Waals surface area contributed by atoms with Crippen molar-refractivity contribution in [1.82, 2.24) is 21.3 Å². The van der Waals surface area contributed by atoms with Crippen LogP contribution in [0.3, 0.4) is 0 Å². The van der Waals surface area contributed by atoms with Gasteiger partial charge in [-0.15, -0.1) is 0 Å². The van der Waals surface area contributed by atoms with Crippen LogP contribution in [0.25, 0.3) is 0 Å². The Labute approximate surface area is 102 Å². The molecule has 0 saturated carbocycles. The molecule has 0 aliphatic carbocycles. The van der Waals surface area contributed by atoms with Crippen molar-refractivity contribution in [2.45, 2.75) is 26.7 Å². The zero-order chi connectivity index (χ0) is 12.5. The fraction of sp³-hybridized carbons (Fsp3) is 1.00. The van der Waals surface area contributed by atoms with E-state index in [0.29, 0.717) is 0 Å². The minimum Gasteiger partial charge on any atom is -0.320 e. The topological polar surface area (TPSA) is 48.1 Å². The van der Waals surface area contributed by atoms with Crippen molar-refractivity contribution < 1.29 is 0 Å². The molecule has 0 saturated heterocycles. The first-order valence-corrected chi connectivity index (χ1v) is 6.54. The lowest BCUT2D eigenvalue weighted by Crippen LogP contribution is -2.21. The van der Waals surface area contributed by atoms with Gasteiger partial charge >= 0.3 is 0 Å². The van der Waals surface area contributed by atoms with E-state index in [1.165, 1.54) is 12.8 Å². The lowest BCUT2D eigenvalue weighted by molar-refractivity contribution is 0.619. The van der Waals surface area contributed by atoms with Crippen molar-refractivity contribution in [2.75, 3.05) is 53.4 Å². The molecule has 4 N–H and O–H groups in total. The summed E-state index contributed by atoms with van der Waals surface area (Å²) in [4.78, 5) is 0. The standard InChI is InChI=1S/C7H18N2.C5H14N2/c1-3-8-6-5-7-9-4-2;1-6-4-3-5-7-2/h8-9H,3-7H2,1-2H3;6-7H,3-5H2,1-2H3. The highest BCUT2D eigenvalue weighted by molar-refractivity contribution is 4.47. The smallest absolute Gasteiger partial charge is 0.00369 e. The molecule has 0 aliphatic heterocycles. The first-order valence-electron chi connectivity index (χ1n) is 6.54. The van der Waals surface area contributed by atoms with Gasteiger partial charge in [0.05, 0.1) is 0 Å². The second-order valence-corrected chi connectivity index (χ2v) is 3.62. The van der Waals surface area contributed by atoms with E-state index in [1.54, 1.807) is 0 Å². The van der Waals surface area contributed by atoms with Gasteiger partial charge in [0.2, 0.25) is 0 Å². The molecule has 0 aliphatic rings. The number of hydrogen-bond acceptors (Lipinski definition) is 4. The first-order chi connectivity index (χ1) is 7.83. The second-order valence-electron chi connectivity index (χ2n) is 3.62. The Kier molecular flexibility index (Phi) is 23.1. The second kappa shape index (κ2) is 20.3. The summed E-state index contributed by atoms with van der Waals surface area (Å²) < 4.78 is 0. The van der Waals surface area contributed by atoms with Crippen molar-refractivity contribution in [3.63, 3.8) is 0 Å². The SMILES string of the molecule is CCNCCCNCC.CNCCCNC. The van der Waals surface area contributed by atoms with E-state index in [9.17, 15) is 0 Å². The van der Waals surface area contributed by atoms with E-state index in [0.717, 1.165) is 39.3 Å². The molecular formula is C12H32N4. The summed E-state index contributed by atoms with van der Waals surface area (Å²) in [6.07, 6.45) is 2.45. The Balaban J connectivity index is 0. The third-order valence-corrected chi connectivity index (χ3v) is 2.06. The molecule has 4 heteroatoms. The van der Waals surface area contributed by atoms with E-state index in [1.807, 2.05) is 14.1 Å². The third kappa shape index (κ3) is 23.6. The zero-order valence-corrected chi connectivity index (χ0v) is 11.7. The van der Waals surface area contributed by atoms with Gasteiger partial charge in [0, 0.05) is 0 Å². The minimum atomic E-state index is 1.09. The highest BCUT2D eigenvalue weighted by atomic mass is 14.9. The van der Waals surface area contributed by atoms with Gasteiger partial charge in [0.15, 0.2) is 0 Å². The molecule has 0 bridgehead atoms. The summed E-state index contributed by atoms with van der Waals surface area (Å²) in [6, 6.07) is 0. The third-order valence-electron chi connectivity index (χ3n) is 2.06. The molecule has 0 aromatic heterocycles. The Morgan fingerprint density at radius 1 is 0.625 bits per heavy atom. The quantitative estimate of drug-likeness (QED) is 0.412. The fourth-order valence-electron chi connectivity index (χ4n) is 1.13. The van der Waals surface area contributed by atoms with Gasteiger partial charge in [0.25, 0.3) is 0 Å². The highest BCUT2D eigenvalue weighted by Gasteiger charge is 1.82. The van der Waals surface area contributed by atoms with E-state index < -0.39 is 0 Å². The molecule has 0 spiro atoms. The normalized spacial score (nSPS) is 9.75. The summed E-state index contributed by atoms with van der Waals surface area (Å²) in [5, 5.41) is 12.7. The maximum atomic E-state index is 3.27. The van der Waals surface area contributed by atoms with Crippen LogP contribution in [-0.4, -0.2) is 53.4 Å². The first kappa shape index (κ1) is 18.2. The van der Waals surface area contributed by atoms with Crippen molar-refractivity contribution in [2.24, 2.45) is 0 Å². The Hall–Kier alpha value is -0.160. The highest BCUT2D eigenvalue weighted by Crippen LogP contribution is 1.71. The lowest BCUT2D eigenvalue weighted by Gasteiger charge is -2.00. The van der Waals surface area contributed by atoms with Gasteiger partial charge in [0.1, 0.15) is 0 Å². The van der Waals surface area contributed by atoms with E-state index >= 15 is 0 Å². The predicted molar refractivity (Wildman–Crippen MR) is 74.2 cm³/mol. The average Bonchev–Trinajstić information content (AvgIpc) is 2.31. The molecule has 0 aromatic carbocycles. The molecule has 0 radical (unpaired) electrons. The van der Waals surface area contributed by atoms with Crippen LogP contribution in [0.1, 0.15) is 26.7 Å². The maximum absolute atomic E-state index is 3.27. The van der Waals surface area contributed by atoms with Crippen LogP contribution in [0.2, 0.25) is 0 Å². The molecule has 16 heavy (non-hydrogen) atoms. The van der Waals surface area contributed by atoms with Crippen molar-refractivity contribution >= 4 is 0 Å². The summed E-state index contributed by atoms with van der Waals surface area (Å²) in [6.45, 7) is 11.0. The monoisotopic (exact) mass is 232 g/mol. The van der Waals surface area contributed by atoms with Gasteiger partial charge in [-0.3, -0.25) is 0 Å². The summed E-state index contributed by atoms with van der Waals surface area (Å²) in [5.74, 6) is 0. The van der Waals surface area contributed by atoms with Gasteiger partial charge in [-0.1, -0.05) is 13.8 Å². The van der Waals surface area contributed by atoms with Crippen LogP contribution in [0, 0.1) is 0 Å². The molecule has 4 nitrogen and oxygen atoms in total.